The van der Waals surface area contributed by atoms with Crippen molar-refractivity contribution in [1.82, 2.24) is 10.3 Å². The molecular formula is C15H17BrFN3. The van der Waals surface area contributed by atoms with Crippen LogP contribution in [0.25, 0.3) is 0 Å². The molecule has 2 aromatic rings. The lowest BCUT2D eigenvalue weighted by molar-refractivity contribution is 0.625. The predicted molar refractivity (Wildman–Crippen MR) is 83.2 cm³/mol. The predicted octanol–water partition coefficient (Wildman–Crippen LogP) is 3.34. The maximum absolute atomic E-state index is 13.2. The van der Waals surface area contributed by atoms with Crippen molar-refractivity contribution in [2.24, 2.45) is 0 Å². The first-order valence-corrected chi connectivity index (χ1v) is 7.14. The summed E-state index contributed by atoms with van der Waals surface area (Å²) in [6, 6.07) is 8.68. The van der Waals surface area contributed by atoms with Crippen LogP contribution in [0.3, 0.4) is 0 Å². The number of hydrogen-bond donors (Lipinski definition) is 1. The van der Waals surface area contributed by atoms with Gasteiger partial charge < -0.3 is 10.2 Å². The van der Waals surface area contributed by atoms with Crippen molar-refractivity contribution in [3.63, 3.8) is 0 Å². The van der Waals surface area contributed by atoms with E-state index in [0.717, 1.165) is 28.0 Å². The van der Waals surface area contributed by atoms with E-state index in [0.29, 0.717) is 6.54 Å². The van der Waals surface area contributed by atoms with Crippen LogP contribution in [0.1, 0.15) is 11.1 Å². The lowest BCUT2D eigenvalue weighted by Crippen LogP contribution is -2.21. The minimum absolute atomic E-state index is 0.213. The number of anilines is 1. The molecule has 106 valence electrons. The fourth-order valence-corrected chi connectivity index (χ4v) is 2.50. The van der Waals surface area contributed by atoms with Gasteiger partial charge in [-0.2, -0.15) is 0 Å². The van der Waals surface area contributed by atoms with Crippen molar-refractivity contribution < 1.29 is 4.39 Å². The Bertz CT molecular complexity index is 589. The molecule has 0 amide bonds. The molecule has 0 spiro atoms. The topological polar surface area (TPSA) is 28.2 Å². The Kier molecular flexibility index (Phi) is 5.09. The van der Waals surface area contributed by atoms with E-state index in [2.05, 4.69) is 26.2 Å². The first-order chi connectivity index (χ1) is 9.60. The van der Waals surface area contributed by atoms with Gasteiger partial charge in [-0.3, -0.25) is 0 Å². The number of pyridine rings is 1. The van der Waals surface area contributed by atoms with Crippen LogP contribution in [0.2, 0.25) is 0 Å². The molecule has 0 atom stereocenters. The average molecular weight is 338 g/mol. The van der Waals surface area contributed by atoms with Gasteiger partial charge in [0.05, 0.1) is 0 Å². The summed E-state index contributed by atoms with van der Waals surface area (Å²) in [6.07, 6.45) is 1.77. The van der Waals surface area contributed by atoms with Gasteiger partial charge in [0.15, 0.2) is 0 Å². The highest BCUT2D eigenvalue weighted by Gasteiger charge is 2.10. The number of nitrogens with one attached hydrogen (secondary N) is 1. The zero-order valence-electron chi connectivity index (χ0n) is 11.5. The lowest BCUT2D eigenvalue weighted by atomic mass is 10.2. The molecule has 2 rings (SSSR count). The third kappa shape index (κ3) is 3.77. The SMILES string of the molecule is CNCc1cc(Br)cnc1N(C)Cc1cccc(F)c1. The number of benzene rings is 1. The van der Waals surface area contributed by atoms with Crippen molar-refractivity contribution >= 4 is 21.7 Å². The van der Waals surface area contributed by atoms with Crippen molar-refractivity contribution in [3.05, 3.63) is 57.9 Å². The van der Waals surface area contributed by atoms with Crippen LogP contribution in [0.15, 0.2) is 41.0 Å². The zero-order valence-corrected chi connectivity index (χ0v) is 13.1. The maximum atomic E-state index is 13.2. The molecule has 0 aliphatic rings. The molecule has 0 saturated carbocycles. The number of rotatable bonds is 5. The molecule has 0 bridgehead atoms. The number of aromatic nitrogens is 1. The van der Waals surface area contributed by atoms with Gasteiger partial charge in [0.25, 0.3) is 0 Å². The summed E-state index contributed by atoms with van der Waals surface area (Å²) < 4.78 is 14.2. The molecular weight excluding hydrogens is 321 g/mol. The quantitative estimate of drug-likeness (QED) is 0.906. The van der Waals surface area contributed by atoms with Gasteiger partial charge in [-0.15, -0.1) is 0 Å². The molecule has 0 fully saturated rings. The van der Waals surface area contributed by atoms with Crippen LogP contribution >= 0.6 is 15.9 Å². The highest BCUT2D eigenvalue weighted by molar-refractivity contribution is 9.10. The minimum Gasteiger partial charge on any atom is -0.355 e. The van der Waals surface area contributed by atoms with Gasteiger partial charge in [-0.1, -0.05) is 12.1 Å². The molecule has 1 aromatic heterocycles. The lowest BCUT2D eigenvalue weighted by Gasteiger charge is -2.21. The smallest absolute Gasteiger partial charge is 0.133 e. The molecule has 0 aliphatic carbocycles. The second kappa shape index (κ2) is 6.81. The Labute approximate surface area is 127 Å². The molecule has 0 unspecified atom stereocenters. The van der Waals surface area contributed by atoms with Gasteiger partial charge in [0.2, 0.25) is 0 Å². The summed E-state index contributed by atoms with van der Waals surface area (Å²) in [5.74, 6) is 0.682. The number of nitrogens with zero attached hydrogens (tertiary/aromatic N) is 2. The van der Waals surface area contributed by atoms with Crippen molar-refractivity contribution in [2.45, 2.75) is 13.1 Å². The molecule has 3 nitrogen and oxygen atoms in total. The fraction of sp³-hybridized carbons (Fsp3) is 0.267. The van der Waals surface area contributed by atoms with Crippen molar-refractivity contribution in [2.75, 3.05) is 19.0 Å². The van der Waals surface area contributed by atoms with Crippen LogP contribution in [0.5, 0.6) is 0 Å². The summed E-state index contributed by atoms with van der Waals surface area (Å²) >= 11 is 3.43. The second-order valence-electron chi connectivity index (χ2n) is 4.65. The molecule has 1 aromatic carbocycles. The van der Waals surface area contributed by atoms with E-state index in [1.54, 1.807) is 18.3 Å². The minimum atomic E-state index is -0.213. The highest BCUT2D eigenvalue weighted by atomic mass is 79.9. The van der Waals surface area contributed by atoms with Crippen LogP contribution < -0.4 is 10.2 Å². The zero-order chi connectivity index (χ0) is 14.5. The van der Waals surface area contributed by atoms with Crippen LogP contribution in [0, 0.1) is 5.82 Å². The Balaban J connectivity index is 2.22. The van der Waals surface area contributed by atoms with E-state index in [-0.39, 0.29) is 5.82 Å². The summed E-state index contributed by atoms with van der Waals surface area (Å²) in [5.41, 5.74) is 2.02. The van der Waals surface area contributed by atoms with E-state index in [1.165, 1.54) is 6.07 Å². The van der Waals surface area contributed by atoms with E-state index in [9.17, 15) is 4.39 Å². The van der Waals surface area contributed by atoms with Crippen LogP contribution in [-0.2, 0) is 13.1 Å². The van der Waals surface area contributed by atoms with Gasteiger partial charge in [-0.05, 0) is 46.7 Å². The molecule has 1 heterocycles. The number of hydrogen-bond acceptors (Lipinski definition) is 3. The normalized spacial score (nSPS) is 10.6. The Morgan fingerprint density at radius 2 is 2.15 bits per heavy atom. The maximum Gasteiger partial charge on any atom is 0.133 e. The summed E-state index contributed by atoms with van der Waals surface area (Å²) in [7, 11) is 3.86. The summed E-state index contributed by atoms with van der Waals surface area (Å²) in [5, 5.41) is 3.13. The van der Waals surface area contributed by atoms with Crippen molar-refractivity contribution in [3.8, 4) is 0 Å². The fourth-order valence-electron chi connectivity index (χ4n) is 2.12. The van der Waals surface area contributed by atoms with Crippen molar-refractivity contribution in [1.29, 1.82) is 0 Å². The molecule has 1 N–H and O–H groups in total. The molecule has 0 saturated heterocycles. The molecule has 20 heavy (non-hydrogen) atoms. The molecule has 5 heteroatoms. The van der Waals surface area contributed by atoms with Gasteiger partial charge in [0.1, 0.15) is 11.6 Å². The monoisotopic (exact) mass is 337 g/mol. The van der Waals surface area contributed by atoms with E-state index >= 15 is 0 Å². The van der Waals surface area contributed by atoms with Gasteiger partial charge in [-0.25, -0.2) is 9.37 Å². The second-order valence-corrected chi connectivity index (χ2v) is 5.57. The average Bonchev–Trinajstić information content (AvgIpc) is 2.39. The summed E-state index contributed by atoms with van der Waals surface area (Å²) in [6.45, 7) is 1.35. The number of halogens is 2. The third-order valence-electron chi connectivity index (χ3n) is 2.95. The molecule has 0 radical (unpaired) electrons. The van der Waals surface area contributed by atoms with Crippen LogP contribution in [0.4, 0.5) is 10.2 Å². The first-order valence-electron chi connectivity index (χ1n) is 6.34. The van der Waals surface area contributed by atoms with E-state index < -0.39 is 0 Å². The van der Waals surface area contributed by atoms with Crippen LogP contribution in [-0.4, -0.2) is 19.1 Å². The largest absolute Gasteiger partial charge is 0.355 e. The van der Waals surface area contributed by atoms with E-state index in [4.69, 9.17) is 0 Å². The first kappa shape index (κ1) is 14.9. The van der Waals surface area contributed by atoms with E-state index in [1.807, 2.05) is 31.1 Å². The van der Waals surface area contributed by atoms with Gasteiger partial charge in [0, 0.05) is 36.4 Å². The molecule has 0 aliphatic heterocycles. The third-order valence-corrected chi connectivity index (χ3v) is 3.38. The Morgan fingerprint density at radius 1 is 1.35 bits per heavy atom. The standard InChI is InChI=1S/C15H17BrFN3/c1-18-8-12-7-13(16)9-19-15(12)20(2)10-11-4-3-5-14(17)6-11/h3-7,9,18H,8,10H2,1-2H3. The highest BCUT2D eigenvalue weighted by Crippen LogP contribution is 2.22. The Morgan fingerprint density at radius 3 is 2.85 bits per heavy atom. The Hall–Kier alpha value is -1.46. The summed E-state index contributed by atoms with van der Waals surface area (Å²) in [4.78, 5) is 6.48. The van der Waals surface area contributed by atoms with Gasteiger partial charge >= 0.3 is 0 Å².